The zero-order valence-electron chi connectivity index (χ0n) is 12.3. The van der Waals surface area contributed by atoms with E-state index in [0.717, 1.165) is 17.7 Å². The third kappa shape index (κ3) is 3.25. The van der Waals surface area contributed by atoms with Crippen molar-refractivity contribution in [3.05, 3.63) is 62.3 Å². The van der Waals surface area contributed by atoms with Crippen LogP contribution in [0.4, 0.5) is 5.69 Å². The van der Waals surface area contributed by atoms with Gasteiger partial charge in [0.25, 0.3) is 11.6 Å². The van der Waals surface area contributed by atoms with Crippen molar-refractivity contribution < 1.29 is 14.8 Å². The molecule has 1 amide bonds. The lowest BCUT2D eigenvalue weighted by molar-refractivity contribution is -0.384. The predicted molar refractivity (Wildman–Crippen MR) is 86.4 cm³/mol. The number of nitrogens with zero attached hydrogens (tertiary/aromatic N) is 1. The van der Waals surface area contributed by atoms with Gasteiger partial charge in [-0.15, -0.1) is 11.3 Å². The quantitative estimate of drug-likeness (QED) is 0.628. The molecule has 120 valence electrons. The first kappa shape index (κ1) is 15.6. The topological polar surface area (TPSA) is 92.5 Å². The smallest absolute Gasteiger partial charge is 0.270 e. The van der Waals surface area contributed by atoms with E-state index in [4.69, 9.17) is 0 Å². The molecular formula is C16H16N2O4S. The van der Waals surface area contributed by atoms with E-state index in [9.17, 15) is 20.0 Å². The second kappa shape index (κ2) is 6.10. The van der Waals surface area contributed by atoms with Crippen molar-refractivity contribution in [3.63, 3.8) is 0 Å². The molecule has 0 saturated heterocycles. The van der Waals surface area contributed by atoms with Crippen molar-refractivity contribution in [3.8, 4) is 0 Å². The fourth-order valence-corrected chi connectivity index (χ4v) is 3.50. The maximum atomic E-state index is 12.2. The van der Waals surface area contributed by atoms with Crippen LogP contribution in [0.5, 0.6) is 0 Å². The summed E-state index contributed by atoms with van der Waals surface area (Å²) in [6, 6.07) is 9.29. The van der Waals surface area contributed by atoms with Gasteiger partial charge < -0.3 is 10.4 Å². The molecular weight excluding hydrogens is 316 g/mol. The number of thiophene rings is 1. The van der Waals surface area contributed by atoms with Gasteiger partial charge >= 0.3 is 0 Å². The highest BCUT2D eigenvalue weighted by molar-refractivity contribution is 7.10. The molecule has 2 aromatic rings. The van der Waals surface area contributed by atoms with Crippen molar-refractivity contribution in [2.24, 2.45) is 5.92 Å². The number of nitrogens with one attached hydrogen (secondary N) is 1. The summed E-state index contributed by atoms with van der Waals surface area (Å²) >= 11 is 1.46. The van der Waals surface area contributed by atoms with Crippen LogP contribution in [0.15, 0.2) is 41.8 Å². The zero-order valence-corrected chi connectivity index (χ0v) is 13.1. The molecule has 1 aromatic heterocycles. The molecule has 2 N–H and O–H groups in total. The minimum atomic E-state index is -1.06. The third-order valence-electron chi connectivity index (χ3n) is 4.04. The molecule has 6 nitrogen and oxygen atoms in total. The number of hydrogen-bond acceptors (Lipinski definition) is 5. The fraction of sp³-hybridized carbons (Fsp3) is 0.312. The maximum absolute atomic E-state index is 12.2. The summed E-state index contributed by atoms with van der Waals surface area (Å²) in [5.74, 6) is -0.282. The Morgan fingerprint density at radius 3 is 2.78 bits per heavy atom. The van der Waals surface area contributed by atoms with Crippen molar-refractivity contribution in [1.82, 2.24) is 5.32 Å². The number of non-ortho nitro benzene ring substituents is 1. The summed E-state index contributed by atoms with van der Waals surface area (Å²) in [4.78, 5) is 23.3. The lowest BCUT2D eigenvalue weighted by atomic mass is 9.95. The Bertz CT molecular complexity index is 727. The minimum Gasteiger partial charge on any atom is -0.382 e. The summed E-state index contributed by atoms with van der Waals surface area (Å²) in [6.07, 6.45) is 1.86. The Morgan fingerprint density at radius 2 is 2.17 bits per heavy atom. The predicted octanol–water partition coefficient (Wildman–Crippen LogP) is 2.68. The van der Waals surface area contributed by atoms with Gasteiger partial charge in [-0.05, 0) is 36.3 Å². The Labute approximate surface area is 136 Å². The van der Waals surface area contributed by atoms with E-state index in [1.54, 1.807) is 0 Å². The summed E-state index contributed by atoms with van der Waals surface area (Å²) in [6.45, 7) is 0.0969. The molecule has 1 aromatic carbocycles. The maximum Gasteiger partial charge on any atom is 0.270 e. The average Bonchev–Trinajstić information content (AvgIpc) is 3.27. The molecule has 23 heavy (non-hydrogen) atoms. The Kier molecular flexibility index (Phi) is 4.14. The van der Waals surface area contributed by atoms with E-state index in [-0.39, 0.29) is 23.7 Å². The lowest BCUT2D eigenvalue weighted by Gasteiger charge is -2.27. The van der Waals surface area contributed by atoms with Gasteiger partial charge in [-0.1, -0.05) is 12.1 Å². The van der Waals surface area contributed by atoms with Crippen LogP contribution < -0.4 is 5.32 Å². The molecule has 1 aliphatic rings. The first-order valence-corrected chi connectivity index (χ1v) is 8.17. The van der Waals surface area contributed by atoms with E-state index >= 15 is 0 Å². The first-order valence-electron chi connectivity index (χ1n) is 7.30. The molecule has 1 atom stereocenters. The van der Waals surface area contributed by atoms with Crippen LogP contribution in [0.3, 0.4) is 0 Å². The van der Waals surface area contributed by atoms with Crippen molar-refractivity contribution in [1.29, 1.82) is 0 Å². The Morgan fingerprint density at radius 1 is 1.39 bits per heavy atom. The van der Waals surface area contributed by atoms with E-state index in [1.807, 2.05) is 17.5 Å². The summed E-state index contributed by atoms with van der Waals surface area (Å²) in [7, 11) is 0. The van der Waals surface area contributed by atoms with Gasteiger partial charge in [0.05, 0.1) is 11.5 Å². The molecule has 1 fully saturated rings. The van der Waals surface area contributed by atoms with Crippen LogP contribution in [-0.4, -0.2) is 22.5 Å². The van der Waals surface area contributed by atoms with Gasteiger partial charge in [0, 0.05) is 22.6 Å². The lowest BCUT2D eigenvalue weighted by Crippen LogP contribution is -2.42. The summed E-state index contributed by atoms with van der Waals surface area (Å²) in [5.41, 5.74) is -0.984. The number of amides is 1. The highest BCUT2D eigenvalue weighted by Gasteiger charge is 2.46. The van der Waals surface area contributed by atoms with Crippen LogP contribution in [-0.2, 0) is 5.60 Å². The molecule has 1 saturated carbocycles. The minimum absolute atomic E-state index is 0.0969. The normalized spacial score (nSPS) is 16.6. The molecule has 1 heterocycles. The van der Waals surface area contributed by atoms with Crippen LogP contribution in [0, 0.1) is 16.0 Å². The van der Waals surface area contributed by atoms with Crippen molar-refractivity contribution >= 4 is 22.9 Å². The number of nitro benzene ring substituents is 1. The van der Waals surface area contributed by atoms with Crippen LogP contribution in [0.1, 0.15) is 28.1 Å². The van der Waals surface area contributed by atoms with Gasteiger partial charge in [0.1, 0.15) is 5.60 Å². The Balaban J connectivity index is 1.73. The number of carbonyl (C=O) groups is 1. The van der Waals surface area contributed by atoms with Gasteiger partial charge in [-0.3, -0.25) is 14.9 Å². The van der Waals surface area contributed by atoms with Crippen molar-refractivity contribution in [2.45, 2.75) is 18.4 Å². The number of carbonyl (C=O) groups excluding carboxylic acids is 1. The molecule has 7 heteroatoms. The van der Waals surface area contributed by atoms with E-state index < -0.39 is 16.4 Å². The van der Waals surface area contributed by atoms with Gasteiger partial charge in [0.2, 0.25) is 0 Å². The number of benzene rings is 1. The van der Waals surface area contributed by atoms with Crippen LogP contribution >= 0.6 is 11.3 Å². The molecule has 0 spiro atoms. The molecule has 3 rings (SSSR count). The second-order valence-electron chi connectivity index (χ2n) is 5.67. The standard InChI is InChI=1S/C16H16N2O4S/c19-15(11-3-1-4-13(9-11)18(21)22)17-10-16(20,12-6-7-12)14-5-2-8-23-14/h1-5,8-9,12,20H,6-7,10H2,(H,17,19). The van der Waals surface area contributed by atoms with E-state index in [1.165, 1.54) is 35.6 Å². The highest BCUT2D eigenvalue weighted by atomic mass is 32.1. The summed E-state index contributed by atoms with van der Waals surface area (Å²) < 4.78 is 0. The SMILES string of the molecule is O=C(NCC(O)(c1cccs1)C1CC1)c1cccc([N+](=O)[O-])c1. The van der Waals surface area contributed by atoms with Crippen LogP contribution in [0.2, 0.25) is 0 Å². The van der Waals surface area contributed by atoms with E-state index in [0.29, 0.717) is 0 Å². The monoisotopic (exact) mass is 332 g/mol. The molecule has 0 aliphatic heterocycles. The first-order chi connectivity index (χ1) is 11.0. The van der Waals surface area contributed by atoms with Gasteiger partial charge in [-0.2, -0.15) is 0 Å². The Hall–Kier alpha value is -2.25. The van der Waals surface area contributed by atoms with Crippen LogP contribution in [0.25, 0.3) is 0 Å². The summed E-state index contributed by atoms with van der Waals surface area (Å²) in [5, 5.41) is 26.3. The molecule has 1 aliphatic carbocycles. The fourth-order valence-electron chi connectivity index (χ4n) is 2.60. The number of hydrogen-bond donors (Lipinski definition) is 2. The average molecular weight is 332 g/mol. The largest absolute Gasteiger partial charge is 0.382 e. The zero-order chi connectivity index (χ0) is 16.4. The second-order valence-corrected chi connectivity index (χ2v) is 6.61. The number of aliphatic hydroxyl groups is 1. The highest BCUT2D eigenvalue weighted by Crippen LogP contribution is 2.46. The number of rotatable bonds is 6. The van der Waals surface area contributed by atoms with Crippen molar-refractivity contribution in [2.75, 3.05) is 6.54 Å². The van der Waals surface area contributed by atoms with E-state index in [2.05, 4.69) is 5.32 Å². The number of nitro groups is 1. The third-order valence-corrected chi connectivity index (χ3v) is 5.07. The van der Waals surface area contributed by atoms with Gasteiger partial charge in [-0.25, -0.2) is 0 Å². The molecule has 0 radical (unpaired) electrons. The molecule has 1 unspecified atom stereocenters. The molecule has 0 bridgehead atoms. The van der Waals surface area contributed by atoms with Gasteiger partial charge in [0.15, 0.2) is 0 Å².